The van der Waals surface area contributed by atoms with E-state index in [1.807, 2.05) is 0 Å². The van der Waals surface area contributed by atoms with Crippen molar-refractivity contribution in [3.8, 4) is 0 Å². The lowest BCUT2D eigenvalue weighted by Gasteiger charge is -2.45. The molecule has 2 heterocycles. The molecule has 1 aromatic carbocycles. The Balaban J connectivity index is 1.53. The predicted molar refractivity (Wildman–Crippen MR) is 104 cm³/mol. The maximum absolute atomic E-state index is 11.1. The maximum atomic E-state index is 11.1. The smallest absolute Gasteiger partial charge is 0.222 e. The fourth-order valence-corrected chi connectivity index (χ4v) is 4.87. The molecule has 1 saturated heterocycles. The van der Waals surface area contributed by atoms with E-state index in [2.05, 4.69) is 52.0 Å². The van der Waals surface area contributed by atoms with Crippen LogP contribution in [0.15, 0.2) is 24.4 Å². The summed E-state index contributed by atoms with van der Waals surface area (Å²) in [4.78, 5) is 17.0. The summed E-state index contributed by atoms with van der Waals surface area (Å²) in [5.41, 5.74) is 4.17. The van der Waals surface area contributed by atoms with Gasteiger partial charge in [-0.15, -0.1) is 0 Å². The van der Waals surface area contributed by atoms with Crippen LogP contribution in [0.5, 0.6) is 0 Å². The zero-order valence-corrected chi connectivity index (χ0v) is 15.5. The van der Waals surface area contributed by atoms with Crippen molar-refractivity contribution in [2.45, 2.75) is 31.7 Å². The third-order valence-electron chi connectivity index (χ3n) is 5.65. The molecule has 3 N–H and O–H groups in total. The zero-order valence-electron chi connectivity index (χ0n) is 14.6. The molecule has 25 heavy (non-hydrogen) atoms. The van der Waals surface area contributed by atoms with Gasteiger partial charge < -0.3 is 20.5 Å². The number of fused-ring (bicyclic) bond motifs is 2. The normalized spacial score (nSPS) is 25.4. The SMILES string of the molecule is CC(=O)NC(=S)NC[C@@H]1CC2c3cccc4[nH]cc(c34)C[C@H]2N(C)C1. The average molecular weight is 356 g/mol. The third kappa shape index (κ3) is 3.04. The summed E-state index contributed by atoms with van der Waals surface area (Å²) in [6, 6.07) is 7.18. The van der Waals surface area contributed by atoms with Gasteiger partial charge in [0.1, 0.15) is 0 Å². The average Bonchev–Trinajstić information content (AvgIpc) is 2.98. The van der Waals surface area contributed by atoms with E-state index in [1.165, 1.54) is 29.0 Å². The second-order valence-corrected chi connectivity index (χ2v) is 7.80. The van der Waals surface area contributed by atoms with Crippen LogP contribution in [-0.2, 0) is 11.2 Å². The fourth-order valence-electron chi connectivity index (χ4n) is 4.64. The van der Waals surface area contributed by atoms with Crippen LogP contribution in [0, 0.1) is 5.92 Å². The standard InChI is InChI=1S/C19H24N4OS/c1-11(24)22-19(25)21-8-12-6-15-14-4-3-5-16-18(14)13(9-20-16)7-17(15)23(2)10-12/h3-5,9,12,15,17,20H,6-8,10H2,1-2H3,(H2,21,22,24,25)/t12-,15?,17+/m0/s1. The Hall–Kier alpha value is -1.92. The topological polar surface area (TPSA) is 60.2 Å². The highest BCUT2D eigenvalue weighted by atomic mass is 32.1. The number of H-pyrrole nitrogens is 1. The van der Waals surface area contributed by atoms with Crippen LogP contribution in [0.1, 0.15) is 30.4 Å². The first-order valence-corrected chi connectivity index (χ1v) is 9.28. The van der Waals surface area contributed by atoms with E-state index in [9.17, 15) is 4.79 Å². The number of likely N-dealkylation sites (N-methyl/N-ethyl adjacent to an activating group) is 1. The van der Waals surface area contributed by atoms with Crippen LogP contribution in [0.4, 0.5) is 0 Å². The van der Waals surface area contributed by atoms with Crippen LogP contribution >= 0.6 is 12.2 Å². The van der Waals surface area contributed by atoms with Gasteiger partial charge in [-0.2, -0.15) is 0 Å². The van der Waals surface area contributed by atoms with Crippen molar-refractivity contribution in [2.24, 2.45) is 5.92 Å². The number of piperidine rings is 1. The quantitative estimate of drug-likeness (QED) is 0.722. The molecular formula is C19H24N4OS. The number of rotatable bonds is 2. The van der Waals surface area contributed by atoms with Gasteiger partial charge in [0.2, 0.25) is 5.91 Å². The summed E-state index contributed by atoms with van der Waals surface area (Å²) in [6.45, 7) is 3.32. The van der Waals surface area contributed by atoms with Crippen LogP contribution < -0.4 is 10.6 Å². The number of carbonyl (C=O) groups is 1. The summed E-state index contributed by atoms with van der Waals surface area (Å²) < 4.78 is 0. The number of carbonyl (C=O) groups excluding carboxylic acids is 1. The second kappa shape index (κ2) is 6.42. The molecule has 132 valence electrons. The van der Waals surface area contributed by atoms with Crippen molar-refractivity contribution in [1.82, 2.24) is 20.5 Å². The van der Waals surface area contributed by atoms with Crippen LogP contribution in [-0.4, -0.2) is 47.1 Å². The van der Waals surface area contributed by atoms with Crippen molar-refractivity contribution < 1.29 is 4.79 Å². The molecule has 1 unspecified atom stereocenters. The van der Waals surface area contributed by atoms with E-state index in [0.29, 0.717) is 23.0 Å². The van der Waals surface area contributed by atoms with Crippen LogP contribution in [0.2, 0.25) is 0 Å². The highest BCUT2D eigenvalue weighted by Gasteiger charge is 2.39. The number of thiocarbonyl (C=S) groups is 1. The van der Waals surface area contributed by atoms with Gasteiger partial charge in [0.25, 0.3) is 0 Å². The Bertz CT molecular complexity index is 830. The number of amides is 1. The molecule has 1 amide bonds. The van der Waals surface area contributed by atoms with Gasteiger partial charge in [0.05, 0.1) is 0 Å². The maximum Gasteiger partial charge on any atom is 0.222 e. The number of nitrogens with one attached hydrogen (secondary N) is 3. The first-order chi connectivity index (χ1) is 12.0. The Morgan fingerprint density at radius 1 is 1.44 bits per heavy atom. The van der Waals surface area contributed by atoms with Crippen molar-refractivity contribution in [3.63, 3.8) is 0 Å². The van der Waals surface area contributed by atoms with Crippen molar-refractivity contribution >= 4 is 34.1 Å². The highest BCUT2D eigenvalue weighted by Crippen LogP contribution is 2.44. The minimum atomic E-state index is -0.128. The van der Waals surface area contributed by atoms with E-state index in [4.69, 9.17) is 12.2 Å². The van der Waals surface area contributed by atoms with Gasteiger partial charge in [0.15, 0.2) is 5.11 Å². The molecule has 1 aromatic heterocycles. The van der Waals surface area contributed by atoms with Crippen LogP contribution in [0.3, 0.4) is 0 Å². The Morgan fingerprint density at radius 3 is 3.08 bits per heavy atom. The summed E-state index contributed by atoms with van der Waals surface area (Å²) in [6.07, 6.45) is 4.44. The van der Waals surface area contributed by atoms with E-state index < -0.39 is 0 Å². The molecule has 6 heteroatoms. The molecule has 0 radical (unpaired) electrons. The van der Waals surface area contributed by atoms with Crippen molar-refractivity contribution in [2.75, 3.05) is 20.1 Å². The van der Waals surface area contributed by atoms with Gasteiger partial charge in [-0.25, -0.2) is 0 Å². The van der Waals surface area contributed by atoms with E-state index in [-0.39, 0.29) is 5.91 Å². The molecule has 0 saturated carbocycles. The predicted octanol–water partition coefficient (Wildman–Crippen LogP) is 2.14. The van der Waals surface area contributed by atoms with Gasteiger partial charge in [0, 0.05) is 49.1 Å². The second-order valence-electron chi connectivity index (χ2n) is 7.39. The first kappa shape index (κ1) is 16.5. The molecule has 3 atom stereocenters. The molecule has 2 aliphatic rings. The number of hydrogen-bond acceptors (Lipinski definition) is 3. The number of aromatic amines is 1. The Morgan fingerprint density at radius 2 is 2.28 bits per heavy atom. The van der Waals surface area contributed by atoms with E-state index in [1.54, 1.807) is 0 Å². The molecule has 1 aliphatic heterocycles. The largest absolute Gasteiger partial charge is 0.362 e. The number of nitrogens with zero attached hydrogens (tertiary/aromatic N) is 1. The zero-order chi connectivity index (χ0) is 17.6. The lowest BCUT2D eigenvalue weighted by molar-refractivity contribution is -0.117. The number of aromatic nitrogens is 1. The summed E-state index contributed by atoms with van der Waals surface area (Å²) >= 11 is 5.17. The summed E-state index contributed by atoms with van der Waals surface area (Å²) in [5.74, 6) is 0.929. The lowest BCUT2D eigenvalue weighted by Crippen LogP contribution is -2.51. The number of likely N-dealkylation sites (tertiary alicyclic amines) is 1. The molecule has 4 rings (SSSR count). The monoisotopic (exact) mass is 356 g/mol. The lowest BCUT2D eigenvalue weighted by atomic mass is 9.72. The van der Waals surface area contributed by atoms with Gasteiger partial charge in [-0.3, -0.25) is 4.79 Å². The first-order valence-electron chi connectivity index (χ1n) is 8.87. The number of hydrogen-bond donors (Lipinski definition) is 3. The molecule has 1 aliphatic carbocycles. The summed E-state index contributed by atoms with van der Waals surface area (Å²) in [5, 5.41) is 7.70. The third-order valence-corrected chi connectivity index (χ3v) is 5.90. The molecular weight excluding hydrogens is 332 g/mol. The fraction of sp³-hybridized carbons (Fsp3) is 0.474. The highest BCUT2D eigenvalue weighted by molar-refractivity contribution is 7.80. The van der Waals surface area contributed by atoms with Gasteiger partial charge in [-0.1, -0.05) is 12.1 Å². The molecule has 0 spiro atoms. The molecule has 1 fully saturated rings. The van der Waals surface area contributed by atoms with Crippen molar-refractivity contribution in [3.05, 3.63) is 35.5 Å². The van der Waals surface area contributed by atoms with Gasteiger partial charge in [-0.05, 0) is 55.2 Å². The minimum absolute atomic E-state index is 0.128. The van der Waals surface area contributed by atoms with Crippen molar-refractivity contribution in [1.29, 1.82) is 0 Å². The minimum Gasteiger partial charge on any atom is -0.362 e. The molecule has 0 bridgehead atoms. The van der Waals surface area contributed by atoms with E-state index >= 15 is 0 Å². The van der Waals surface area contributed by atoms with Gasteiger partial charge >= 0.3 is 0 Å². The van der Waals surface area contributed by atoms with E-state index in [0.717, 1.165) is 25.9 Å². The molecule has 5 nitrogen and oxygen atoms in total. The Kier molecular flexibility index (Phi) is 4.25. The molecule has 2 aromatic rings. The summed E-state index contributed by atoms with van der Waals surface area (Å²) in [7, 11) is 2.23. The number of benzene rings is 1. The Labute approximate surface area is 153 Å². The van der Waals surface area contributed by atoms with Crippen LogP contribution in [0.25, 0.3) is 10.9 Å².